The van der Waals surface area contributed by atoms with Crippen molar-refractivity contribution in [2.45, 2.75) is 25.7 Å². The Bertz CT molecular complexity index is 700. The smallest absolute Gasteiger partial charge is 0.257 e. The minimum absolute atomic E-state index is 0.177. The van der Waals surface area contributed by atoms with Gasteiger partial charge in [-0.1, -0.05) is 0 Å². The number of hydrazone groups is 1. The van der Waals surface area contributed by atoms with Crippen molar-refractivity contribution in [2.75, 3.05) is 0 Å². The van der Waals surface area contributed by atoms with Gasteiger partial charge in [0.1, 0.15) is 5.70 Å². The molecule has 2 heterocycles. The third-order valence-electron chi connectivity index (χ3n) is 3.49. The summed E-state index contributed by atoms with van der Waals surface area (Å²) in [6.45, 7) is 0. The molecule has 2 N–H and O–H groups in total. The van der Waals surface area contributed by atoms with Crippen LogP contribution in [0.4, 0.5) is 0 Å². The summed E-state index contributed by atoms with van der Waals surface area (Å²) < 4.78 is 0. The van der Waals surface area contributed by atoms with Crippen molar-refractivity contribution < 1.29 is 9.59 Å². The number of nitrogens with one attached hydrogen (secondary N) is 2. The van der Waals surface area contributed by atoms with Crippen molar-refractivity contribution in [2.24, 2.45) is 5.10 Å². The van der Waals surface area contributed by atoms with Gasteiger partial charge in [-0.2, -0.15) is 5.10 Å². The molecule has 0 fully saturated rings. The first-order valence-electron chi connectivity index (χ1n) is 6.81. The third-order valence-corrected chi connectivity index (χ3v) is 3.49. The second kappa shape index (κ2) is 5.73. The Kier molecular flexibility index (Phi) is 3.62. The standard InChI is InChI=1S/C15H14N4O2/c20-9-13-6-12(8-17-19-13)18-15(21)11-5-10-3-1-2-4-14(10)16-7-11/h5-8,19H,1-4H2,(H,18,21). The number of aromatic nitrogens is 1. The van der Waals surface area contributed by atoms with E-state index in [4.69, 9.17) is 0 Å². The predicted octanol–water partition coefficient (Wildman–Crippen LogP) is 0.879. The zero-order valence-corrected chi connectivity index (χ0v) is 11.3. The lowest BCUT2D eigenvalue weighted by atomic mass is 9.95. The molecule has 1 aliphatic heterocycles. The van der Waals surface area contributed by atoms with Crippen LogP contribution in [0, 0.1) is 0 Å². The number of pyridine rings is 1. The summed E-state index contributed by atoms with van der Waals surface area (Å²) in [5.74, 6) is 1.43. The molecule has 1 aliphatic carbocycles. The summed E-state index contributed by atoms with van der Waals surface area (Å²) in [5.41, 5.74) is 5.84. The molecule has 0 radical (unpaired) electrons. The molecule has 0 saturated carbocycles. The van der Waals surface area contributed by atoms with E-state index in [0.29, 0.717) is 11.3 Å². The summed E-state index contributed by atoms with van der Waals surface area (Å²) in [4.78, 5) is 27.1. The Morgan fingerprint density at radius 1 is 1.33 bits per heavy atom. The molecule has 2 aliphatic rings. The maximum absolute atomic E-state index is 12.2. The van der Waals surface area contributed by atoms with Gasteiger partial charge < -0.3 is 5.32 Å². The van der Waals surface area contributed by atoms with Gasteiger partial charge in [0.2, 0.25) is 0 Å². The quantitative estimate of drug-likeness (QED) is 0.789. The van der Waals surface area contributed by atoms with Gasteiger partial charge in [-0.05, 0) is 43.4 Å². The zero-order chi connectivity index (χ0) is 14.7. The number of aryl methyl sites for hydroxylation is 2. The molecule has 106 valence electrons. The number of carbonyl (C=O) groups excluding carboxylic acids is 2. The fourth-order valence-electron chi connectivity index (χ4n) is 2.43. The highest BCUT2D eigenvalue weighted by atomic mass is 16.1. The molecule has 0 saturated heterocycles. The van der Waals surface area contributed by atoms with Gasteiger partial charge in [-0.25, -0.2) is 4.79 Å². The maximum Gasteiger partial charge on any atom is 0.257 e. The Morgan fingerprint density at radius 2 is 2.19 bits per heavy atom. The molecule has 1 aromatic heterocycles. The summed E-state index contributed by atoms with van der Waals surface area (Å²) in [5, 5.41) is 6.45. The van der Waals surface area contributed by atoms with Crippen molar-refractivity contribution in [1.29, 1.82) is 0 Å². The lowest BCUT2D eigenvalue weighted by molar-refractivity contribution is 0.0967. The van der Waals surface area contributed by atoms with E-state index < -0.39 is 0 Å². The molecule has 21 heavy (non-hydrogen) atoms. The van der Waals surface area contributed by atoms with Crippen molar-refractivity contribution in [1.82, 2.24) is 15.7 Å². The lowest BCUT2D eigenvalue weighted by Gasteiger charge is -2.15. The summed E-state index contributed by atoms with van der Waals surface area (Å²) in [6.07, 6.45) is 8.74. The number of carbonyl (C=O) groups is 1. The number of hydrogen-bond acceptors (Lipinski definition) is 5. The minimum Gasteiger partial charge on any atom is -0.320 e. The molecule has 6 heteroatoms. The molecular formula is C15H14N4O2. The molecule has 0 aromatic carbocycles. The molecule has 0 spiro atoms. The lowest BCUT2D eigenvalue weighted by Crippen LogP contribution is -2.27. The van der Waals surface area contributed by atoms with E-state index in [1.807, 2.05) is 6.07 Å². The molecule has 1 aromatic rings. The van der Waals surface area contributed by atoms with E-state index >= 15 is 0 Å². The Balaban J connectivity index is 1.78. The normalized spacial score (nSPS) is 16.4. The number of hydrogen-bond donors (Lipinski definition) is 2. The van der Waals surface area contributed by atoms with Crippen LogP contribution in [0.15, 0.2) is 34.8 Å². The highest BCUT2D eigenvalue weighted by molar-refractivity contribution is 5.99. The van der Waals surface area contributed by atoms with E-state index in [1.165, 1.54) is 12.3 Å². The first kappa shape index (κ1) is 13.3. The van der Waals surface area contributed by atoms with Gasteiger partial charge in [0.05, 0.1) is 17.5 Å². The average Bonchev–Trinajstić information content (AvgIpc) is 2.54. The first-order valence-corrected chi connectivity index (χ1v) is 6.81. The van der Waals surface area contributed by atoms with Crippen LogP contribution >= 0.6 is 0 Å². The molecule has 0 atom stereocenters. The SMILES string of the molecule is O=C=C1C=C(NC(=O)c2cnc3c(c2)CCCC3)C=NN1. The van der Waals surface area contributed by atoms with Crippen LogP contribution in [-0.4, -0.2) is 23.0 Å². The van der Waals surface area contributed by atoms with E-state index in [1.54, 1.807) is 12.1 Å². The van der Waals surface area contributed by atoms with Gasteiger partial charge in [0.15, 0.2) is 5.94 Å². The average molecular weight is 282 g/mol. The second-order valence-electron chi connectivity index (χ2n) is 4.98. The molecule has 6 nitrogen and oxygen atoms in total. The Morgan fingerprint density at radius 3 is 3.05 bits per heavy atom. The number of amides is 1. The van der Waals surface area contributed by atoms with E-state index in [-0.39, 0.29) is 11.6 Å². The largest absolute Gasteiger partial charge is 0.320 e. The fraction of sp³-hybridized carbons (Fsp3) is 0.267. The van der Waals surface area contributed by atoms with Gasteiger partial charge in [0, 0.05) is 11.9 Å². The highest BCUT2D eigenvalue weighted by Crippen LogP contribution is 2.20. The van der Waals surface area contributed by atoms with Crippen LogP contribution in [0.2, 0.25) is 0 Å². The van der Waals surface area contributed by atoms with Crippen molar-refractivity contribution in [3.63, 3.8) is 0 Å². The molecular weight excluding hydrogens is 268 g/mol. The first-order chi connectivity index (χ1) is 10.3. The topological polar surface area (TPSA) is 83.5 Å². The van der Waals surface area contributed by atoms with Gasteiger partial charge in [-0.3, -0.25) is 15.2 Å². The molecule has 0 bridgehead atoms. The van der Waals surface area contributed by atoms with Crippen LogP contribution < -0.4 is 10.7 Å². The highest BCUT2D eigenvalue weighted by Gasteiger charge is 2.15. The maximum atomic E-state index is 12.2. The summed E-state index contributed by atoms with van der Waals surface area (Å²) in [7, 11) is 0. The van der Waals surface area contributed by atoms with E-state index in [9.17, 15) is 9.59 Å². The number of fused-ring (bicyclic) bond motifs is 1. The van der Waals surface area contributed by atoms with Crippen molar-refractivity contribution in [3.8, 4) is 0 Å². The van der Waals surface area contributed by atoms with E-state index in [2.05, 4.69) is 20.8 Å². The third kappa shape index (κ3) is 2.90. The Hall–Kier alpha value is -2.72. The van der Waals surface area contributed by atoms with Gasteiger partial charge in [-0.15, -0.1) is 0 Å². The van der Waals surface area contributed by atoms with Crippen LogP contribution in [0.25, 0.3) is 0 Å². The van der Waals surface area contributed by atoms with Crippen LogP contribution in [-0.2, 0) is 17.6 Å². The number of rotatable bonds is 2. The molecule has 3 rings (SSSR count). The van der Waals surface area contributed by atoms with Crippen LogP contribution in [0.1, 0.15) is 34.5 Å². The summed E-state index contributed by atoms with van der Waals surface area (Å²) >= 11 is 0. The number of nitrogens with zero attached hydrogens (tertiary/aromatic N) is 2. The Labute approximate surface area is 121 Å². The number of allylic oxidation sites excluding steroid dienone is 2. The molecule has 1 amide bonds. The van der Waals surface area contributed by atoms with Crippen molar-refractivity contribution >= 4 is 18.1 Å². The van der Waals surface area contributed by atoms with Crippen molar-refractivity contribution in [3.05, 3.63) is 46.6 Å². The predicted molar refractivity (Wildman–Crippen MR) is 77.3 cm³/mol. The zero-order valence-electron chi connectivity index (χ0n) is 11.3. The monoisotopic (exact) mass is 282 g/mol. The van der Waals surface area contributed by atoms with E-state index in [0.717, 1.165) is 36.9 Å². The van der Waals surface area contributed by atoms with Crippen LogP contribution in [0.5, 0.6) is 0 Å². The molecule has 0 unspecified atom stereocenters. The van der Waals surface area contributed by atoms with Gasteiger partial charge in [0.25, 0.3) is 5.91 Å². The minimum atomic E-state index is -0.263. The fourth-order valence-corrected chi connectivity index (χ4v) is 2.43. The summed E-state index contributed by atoms with van der Waals surface area (Å²) in [6, 6.07) is 1.89. The second-order valence-corrected chi connectivity index (χ2v) is 4.98. The van der Waals surface area contributed by atoms with Gasteiger partial charge >= 0.3 is 0 Å². The van der Waals surface area contributed by atoms with Crippen LogP contribution in [0.3, 0.4) is 0 Å².